The summed E-state index contributed by atoms with van der Waals surface area (Å²) in [4.78, 5) is 21.2. The van der Waals surface area contributed by atoms with Crippen LogP contribution in [0.15, 0.2) is 0 Å². The lowest BCUT2D eigenvalue weighted by Gasteiger charge is -2.12. The molecule has 0 aliphatic rings. The second-order valence-electron chi connectivity index (χ2n) is 4.63. The predicted molar refractivity (Wildman–Crippen MR) is 79.8 cm³/mol. The number of carbonyl (C=O) groups is 1. The van der Waals surface area contributed by atoms with Crippen LogP contribution in [-0.4, -0.2) is 33.7 Å². The summed E-state index contributed by atoms with van der Waals surface area (Å²) in [5, 5.41) is 0. The predicted octanol–water partition coefficient (Wildman–Crippen LogP) is 2.64. The van der Waals surface area contributed by atoms with Gasteiger partial charge in [-0.25, -0.2) is 14.8 Å². The number of aromatic nitrogens is 3. The highest BCUT2D eigenvalue weighted by Crippen LogP contribution is 2.31. The second kappa shape index (κ2) is 6.11. The van der Waals surface area contributed by atoms with Gasteiger partial charge in [-0.2, -0.15) is 0 Å². The molecule has 0 unspecified atom stereocenters. The highest BCUT2D eigenvalue weighted by Gasteiger charge is 2.24. The van der Waals surface area contributed by atoms with Gasteiger partial charge >= 0.3 is 5.97 Å². The van der Waals surface area contributed by atoms with Crippen molar-refractivity contribution in [1.29, 1.82) is 0 Å². The van der Waals surface area contributed by atoms with Gasteiger partial charge in [-0.15, -0.1) is 0 Å². The minimum atomic E-state index is -0.420. The van der Waals surface area contributed by atoms with E-state index in [0.29, 0.717) is 35.7 Å². The number of esters is 1. The number of aryl methyl sites for hydroxylation is 3. The molecule has 0 fully saturated rings. The molecule has 2 aromatic heterocycles. The van der Waals surface area contributed by atoms with Crippen LogP contribution in [0.1, 0.15) is 42.6 Å². The normalized spacial score (nSPS) is 10.9. The molecule has 0 aliphatic heterocycles. The molecule has 2 rings (SSSR count). The molecule has 0 N–H and O–H groups in total. The van der Waals surface area contributed by atoms with Gasteiger partial charge in [0.2, 0.25) is 0 Å². The van der Waals surface area contributed by atoms with Gasteiger partial charge in [0.05, 0.1) is 18.9 Å². The van der Waals surface area contributed by atoms with Crippen LogP contribution in [0.25, 0.3) is 11.2 Å². The van der Waals surface area contributed by atoms with E-state index in [-0.39, 0.29) is 0 Å². The first-order valence-corrected chi connectivity index (χ1v) is 7.22. The first-order valence-electron chi connectivity index (χ1n) is 7.22. The minimum absolute atomic E-state index is 0.310. The van der Waals surface area contributed by atoms with Crippen LogP contribution in [-0.2, 0) is 11.3 Å². The first kappa shape index (κ1) is 15.3. The molecule has 0 saturated carbocycles. The lowest BCUT2D eigenvalue weighted by molar-refractivity contribution is 0.0521. The van der Waals surface area contributed by atoms with Crippen molar-refractivity contribution in [3.8, 4) is 5.75 Å². The zero-order valence-corrected chi connectivity index (χ0v) is 13.2. The summed E-state index contributed by atoms with van der Waals surface area (Å²) >= 11 is 0. The van der Waals surface area contributed by atoms with Crippen molar-refractivity contribution in [1.82, 2.24) is 14.5 Å². The Balaban J connectivity index is 2.77. The molecule has 6 nitrogen and oxygen atoms in total. The quantitative estimate of drug-likeness (QED) is 0.792. The minimum Gasteiger partial charge on any atom is -0.490 e. The highest BCUT2D eigenvalue weighted by molar-refractivity contribution is 5.99. The van der Waals surface area contributed by atoms with Crippen LogP contribution >= 0.6 is 0 Å². The molecular formula is C15H21N3O3. The van der Waals surface area contributed by atoms with Crippen molar-refractivity contribution in [2.75, 3.05) is 13.2 Å². The maximum atomic E-state index is 12.2. The Bertz CT molecular complexity index is 677. The van der Waals surface area contributed by atoms with Gasteiger partial charge in [0.25, 0.3) is 0 Å². The van der Waals surface area contributed by atoms with E-state index in [2.05, 4.69) is 9.97 Å². The number of hydrogen-bond acceptors (Lipinski definition) is 5. The van der Waals surface area contributed by atoms with E-state index < -0.39 is 5.97 Å². The summed E-state index contributed by atoms with van der Waals surface area (Å²) in [6.07, 6.45) is 0. The molecule has 114 valence electrons. The average Bonchev–Trinajstić information content (AvgIpc) is 2.74. The van der Waals surface area contributed by atoms with E-state index in [0.717, 1.165) is 18.0 Å². The Morgan fingerprint density at radius 3 is 2.43 bits per heavy atom. The van der Waals surface area contributed by atoms with Crippen LogP contribution in [0.5, 0.6) is 5.75 Å². The van der Waals surface area contributed by atoms with Crippen molar-refractivity contribution in [3.63, 3.8) is 0 Å². The zero-order chi connectivity index (χ0) is 15.6. The van der Waals surface area contributed by atoms with E-state index in [1.54, 1.807) is 13.8 Å². The fourth-order valence-corrected chi connectivity index (χ4v) is 2.42. The largest absolute Gasteiger partial charge is 0.490 e. The number of carbonyl (C=O) groups excluding carboxylic acids is 1. The van der Waals surface area contributed by atoms with Crippen molar-refractivity contribution in [2.45, 2.75) is 41.2 Å². The van der Waals surface area contributed by atoms with E-state index in [4.69, 9.17) is 9.47 Å². The molecule has 0 amide bonds. The van der Waals surface area contributed by atoms with Gasteiger partial charge in [0, 0.05) is 6.54 Å². The summed E-state index contributed by atoms with van der Waals surface area (Å²) < 4.78 is 12.8. The maximum Gasteiger partial charge on any atom is 0.343 e. The van der Waals surface area contributed by atoms with Gasteiger partial charge in [-0.3, -0.25) is 0 Å². The molecule has 21 heavy (non-hydrogen) atoms. The monoisotopic (exact) mass is 291 g/mol. The number of pyridine rings is 1. The molecule has 0 aromatic carbocycles. The maximum absolute atomic E-state index is 12.2. The van der Waals surface area contributed by atoms with E-state index in [9.17, 15) is 4.79 Å². The van der Waals surface area contributed by atoms with Crippen molar-refractivity contribution < 1.29 is 14.3 Å². The van der Waals surface area contributed by atoms with Crippen LogP contribution in [0.2, 0.25) is 0 Å². The van der Waals surface area contributed by atoms with Gasteiger partial charge in [0.1, 0.15) is 11.4 Å². The molecule has 0 bridgehead atoms. The Kier molecular flexibility index (Phi) is 4.45. The third-order valence-corrected chi connectivity index (χ3v) is 3.29. The lowest BCUT2D eigenvalue weighted by Crippen LogP contribution is -2.12. The highest BCUT2D eigenvalue weighted by atomic mass is 16.5. The van der Waals surface area contributed by atoms with Crippen LogP contribution in [0, 0.1) is 13.8 Å². The molecule has 0 radical (unpaired) electrons. The van der Waals surface area contributed by atoms with Gasteiger partial charge in [0.15, 0.2) is 16.9 Å². The summed E-state index contributed by atoms with van der Waals surface area (Å²) in [6.45, 7) is 10.9. The molecule has 0 atom stereocenters. The number of imidazole rings is 1. The smallest absolute Gasteiger partial charge is 0.343 e. The van der Waals surface area contributed by atoms with Gasteiger partial charge < -0.3 is 14.0 Å². The second-order valence-corrected chi connectivity index (χ2v) is 4.63. The number of hydrogen-bond donors (Lipinski definition) is 0. The first-order chi connectivity index (χ1) is 10.0. The Morgan fingerprint density at radius 1 is 1.14 bits per heavy atom. The topological polar surface area (TPSA) is 66.2 Å². The summed E-state index contributed by atoms with van der Waals surface area (Å²) in [6, 6.07) is 0. The van der Waals surface area contributed by atoms with E-state index in [1.807, 2.05) is 25.3 Å². The third-order valence-electron chi connectivity index (χ3n) is 3.29. The summed E-state index contributed by atoms with van der Waals surface area (Å²) in [5.74, 6) is 0.895. The molecule has 6 heteroatoms. The third kappa shape index (κ3) is 2.57. The Morgan fingerprint density at radius 2 is 1.86 bits per heavy atom. The fraction of sp³-hybridized carbons (Fsp3) is 0.533. The summed E-state index contributed by atoms with van der Waals surface area (Å²) in [7, 11) is 0. The number of ether oxygens (including phenoxy) is 2. The number of nitrogens with zero attached hydrogens (tertiary/aromatic N) is 3. The van der Waals surface area contributed by atoms with E-state index in [1.165, 1.54) is 0 Å². The average molecular weight is 291 g/mol. The van der Waals surface area contributed by atoms with Crippen molar-refractivity contribution >= 4 is 17.1 Å². The van der Waals surface area contributed by atoms with Crippen LogP contribution in [0.3, 0.4) is 0 Å². The van der Waals surface area contributed by atoms with Gasteiger partial charge in [-0.05, 0) is 34.6 Å². The molecule has 0 aliphatic carbocycles. The van der Waals surface area contributed by atoms with Crippen LogP contribution < -0.4 is 4.74 Å². The zero-order valence-electron chi connectivity index (χ0n) is 13.2. The molecule has 0 spiro atoms. The molecule has 0 saturated heterocycles. The Labute approximate surface area is 124 Å². The summed E-state index contributed by atoms with van der Waals surface area (Å²) in [5.41, 5.74) is 2.32. The number of rotatable bonds is 5. The van der Waals surface area contributed by atoms with Crippen LogP contribution in [0.4, 0.5) is 0 Å². The SMILES string of the molecule is CCOC(=O)c1c(C)nc2c(nc(C)n2CC)c1OCC. The molecule has 2 aromatic rings. The Hall–Kier alpha value is -2.11. The van der Waals surface area contributed by atoms with Crippen molar-refractivity contribution in [3.05, 3.63) is 17.1 Å². The van der Waals surface area contributed by atoms with Gasteiger partial charge in [-0.1, -0.05) is 0 Å². The molecular weight excluding hydrogens is 270 g/mol. The lowest BCUT2D eigenvalue weighted by atomic mass is 10.1. The fourth-order valence-electron chi connectivity index (χ4n) is 2.42. The number of fused-ring (bicyclic) bond motifs is 1. The van der Waals surface area contributed by atoms with E-state index >= 15 is 0 Å². The van der Waals surface area contributed by atoms with Crippen molar-refractivity contribution in [2.24, 2.45) is 0 Å². The standard InChI is InChI=1S/C15H21N3O3/c1-6-18-10(5)17-12-13(20-7-2)11(15(19)21-8-3)9(4)16-14(12)18/h6-8H2,1-5H3. The molecule has 2 heterocycles.